The Bertz CT molecular complexity index is 5790. The molecule has 692 valence electrons. The number of rotatable bonds is 29. The second-order valence-corrected chi connectivity index (χ2v) is 36.7. The number of ether oxygens (including phenoxy) is 6. The number of carbonyl (C=O) groups excluding carboxylic acids is 2. The number of aryl methyl sites for hydroxylation is 2. The fraction of sp³-hybridized carbons (Fsp3) is 0.384. The number of esters is 1. The predicted molar refractivity (Wildman–Crippen MR) is 519 cm³/mol. The monoisotopic (exact) mass is 1780 g/mol. The Morgan fingerprint density at radius 3 is 1.82 bits per heavy atom. The lowest BCUT2D eigenvalue weighted by molar-refractivity contribution is -0.120. The summed E-state index contributed by atoms with van der Waals surface area (Å²) in [6.07, 6.45) is 27.2. The van der Waals surface area contributed by atoms with E-state index < -0.39 is 35.4 Å². The molecule has 17 rings (SSSR count). The Morgan fingerprint density at radius 2 is 1.18 bits per heavy atom. The van der Waals surface area contributed by atoms with E-state index in [4.69, 9.17) is 48.2 Å². The highest BCUT2D eigenvalue weighted by Gasteiger charge is 2.53. The fourth-order valence-electron chi connectivity index (χ4n) is 18.7. The molecule has 19 heteroatoms. The van der Waals surface area contributed by atoms with Crippen LogP contribution in [0.2, 0.25) is 0 Å². The number of oxazole rings is 1. The van der Waals surface area contributed by atoms with Gasteiger partial charge in [-0.3, -0.25) is 4.79 Å². The third-order valence-corrected chi connectivity index (χ3v) is 25.8. The second-order valence-electron chi connectivity index (χ2n) is 36.7. The number of hydrogen-bond donors (Lipinski definition) is 4. The average molecular weight is 1780 g/mol. The molecule has 0 spiro atoms. The zero-order valence-corrected chi connectivity index (χ0v) is 76.8. The van der Waals surface area contributed by atoms with Gasteiger partial charge in [0.15, 0.2) is 5.76 Å². The third kappa shape index (κ3) is 26.2. The summed E-state index contributed by atoms with van der Waals surface area (Å²) in [6.45, 7) is 24.4. The number of benzene rings is 9. The molecule has 1 atom stereocenters. The van der Waals surface area contributed by atoms with Gasteiger partial charge in [-0.25, -0.2) is 28.6 Å². The predicted octanol–water partition coefficient (Wildman–Crippen LogP) is 26.5. The zero-order chi connectivity index (χ0) is 92.7. The first-order valence-corrected chi connectivity index (χ1v) is 45.7. The topological polar surface area (TPSA) is 261 Å². The van der Waals surface area contributed by atoms with Gasteiger partial charge in [0, 0.05) is 37.9 Å². The van der Waals surface area contributed by atoms with Gasteiger partial charge in [-0.05, 0) is 300 Å². The lowest BCUT2D eigenvalue weighted by Gasteiger charge is -2.57. The zero-order valence-electron chi connectivity index (χ0n) is 76.8. The maximum atomic E-state index is 13.7. The quantitative estimate of drug-likeness (QED) is 0.0147. The van der Waals surface area contributed by atoms with E-state index >= 15 is 0 Å². The molecule has 131 heavy (non-hydrogen) atoms. The summed E-state index contributed by atoms with van der Waals surface area (Å²) in [6, 6.07) is 60.8. The van der Waals surface area contributed by atoms with Crippen molar-refractivity contribution in [3.63, 3.8) is 0 Å². The Labute approximate surface area is 774 Å². The highest BCUT2D eigenvalue weighted by atomic mass is 19.1. The Morgan fingerprint density at radius 1 is 0.580 bits per heavy atom. The molecule has 1 aliphatic heterocycles. The van der Waals surface area contributed by atoms with Gasteiger partial charge < -0.3 is 53.3 Å². The number of aliphatic hydroxyl groups excluding tert-OH is 1. The number of aliphatic hydroxyl groups is 1. The largest absolute Gasteiger partial charge is 0.496 e. The second kappa shape index (κ2) is 45.8. The number of pyridine rings is 1. The molecule has 1 unspecified atom stereocenters. The maximum Gasteiger partial charge on any atom is 0.339 e. The molecule has 11 aromatic rings. The van der Waals surface area contributed by atoms with Crippen molar-refractivity contribution in [2.45, 2.75) is 220 Å². The highest BCUT2D eigenvalue weighted by Crippen LogP contribution is 2.62. The summed E-state index contributed by atoms with van der Waals surface area (Å²) < 4.78 is 51.6. The smallest absolute Gasteiger partial charge is 0.339 e. The first kappa shape index (κ1) is 99.1. The summed E-state index contributed by atoms with van der Waals surface area (Å²) in [7, 11) is 1.81. The van der Waals surface area contributed by atoms with Gasteiger partial charge in [-0.1, -0.05) is 210 Å². The average Bonchev–Trinajstić information content (AvgIpc) is 1.20. The van der Waals surface area contributed by atoms with E-state index in [0.717, 1.165) is 113 Å². The first-order chi connectivity index (χ1) is 62.5. The van der Waals surface area contributed by atoms with Crippen molar-refractivity contribution in [2.24, 2.45) is 17.8 Å². The van der Waals surface area contributed by atoms with Gasteiger partial charge in [0.05, 0.1) is 55.3 Å². The molecule has 2 aromatic heterocycles. The van der Waals surface area contributed by atoms with Gasteiger partial charge in [0.2, 0.25) is 5.89 Å². The third-order valence-electron chi connectivity index (χ3n) is 25.8. The van der Waals surface area contributed by atoms with Gasteiger partial charge in [-0.15, -0.1) is 0 Å². The summed E-state index contributed by atoms with van der Waals surface area (Å²) in [5, 5.41) is 39.6. The van der Waals surface area contributed by atoms with Gasteiger partial charge >= 0.3 is 23.9 Å². The standard InChI is InChI=1S/C28H28O3.C24H28O3.C21H21NO3.C21H26O2.C17H20FNO5.CH4.2H2/c1-30-27-7-5-24(21-2-3-23-12-25(31-17-29)6-4-22(23)11-21)13-26(27)28-14-18-8-19(15-28)10-20(9-18)16-28;1-23(2)13-14-24(3,4)20-15-18(10-11-19(20)23)21(25)12-7-16-5-8-17(9-6-16)22(26)27;1-4-24-20(23)16-7-9-17(22-14-16)8-5-15-6-10-19-18(13-15)21(2,3)11-12-25-19;1-2-3-4-5-6-7-8-17-9-11-18(12-10-17)19-13-15-20(16-14-19)21(22)23;1-3-4-7-22-8-9-23-15-11(2)24-16(19-15)12-5-6-13(17(20)21)14(18)10-12;;;/h2-7,11-13,17-20H,8-10,14-16H2,1H3;5-12,15,21,25H,13-14H2,1-4H3,(H,26,27);6-7,9-10,13-14H,4,11-12H2,1-3H3;9-16H,2-8H2,1H3,(H,22,23);5-6,10H,3-4,7-9H2,1-2H3,(H,20,21);1H4;2*1H/b;12-7+;;;;;;. The van der Waals surface area contributed by atoms with Crippen LogP contribution in [0.25, 0.3) is 50.6 Å². The van der Waals surface area contributed by atoms with Crippen molar-refractivity contribution in [1.82, 2.24) is 9.97 Å². The Hall–Kier alpha value is -12.5. The van der Waals surface area contributed by atoms with Crippen LogP contribution in [0.5, 0.6) is 23.1 Å². The van der Waals surface area contributed by atoms with Crippen molar-refractivity contribution < 1.29 is 84.5 Å². The van der Waals surface area contributed by atoms with Crippen LogP contribution >= 0.6 is 0 Å². The van der Waals surface area contributed by atoms with E-state index in [1.807, 2.05) is 61.7 Å². The number of carbonyl (C=O) groups is 5. The minimum absolute atomic E-state index is 0. The van der Waals surface area contributed by atoms with Crippen LogP contribution in [0.4, 0.5) is 4.39 Å². The van der Waals surface area contributed by atoms with Crippen LogP contribution in [-0.4, -0.2) is 101 Å². The SMILES string of the molecule is C.CC1(C)CCC(C)(C)c2cc(C(O)/C=C/c3ccc(C(=O)O)cc3)ccc21.CCCCCCCCc1ccc(-c2ccc(C(=O)O)cc2)cc1.CCCCOCCOc1nc(-c2ccc(C(=O)O)c(F)c2)oc1C.CCOC(=O)c1ccc(C#Cc2ccc3c(c2)C(C)(C)CCO3)nc1.COc1ccc(-c2ccc3cc(OC=O)ccc3c2)cc1C12CC3CC(CC(C3)C1)C2.[HH].[HH]. The fourth-order valence-corrected chi connectivity index (χ4v) is 18.7. The lowest BCUT2D eigenvalue weighted by atomic mass is 9.48. The molecular weight excluding hydrogens is 1650 g/mol. The molecule has 0 radical (unpaired) electrons. The van der Waals surface area contributed by atoms with Crippen LogP contribution in [-0.2, 0) is 42.3 Å². The summed E-state index contributed by atoms with van der Waals surface area (Å²) in [5.74, 6) is 8.05. The molecule has 6 aliphatic rings. The van der Waals surface area contributed by atoms with Gasteiger partial charge in [0.25, 0.3) is 12.4 Å². The van der Waals surface area contributed by atoms with E-state index in [2.05, 4.69) is 156 Å². The summed E-state index contributed by atoms with van der Waals surface area (Å²) >= 11 is 0. The number of carboxylic acid groups (broad SMARTS) is 3. The van der Waals surface area contributed by atoms with Crippen LogP contribution in [0.1, 0.15) is 285 Å². The molecule has 4 bridgehead atoms. The number of nitrogens with zero attached hydrogens (tertiary/aromatic N) is 2. The van der Waals surface area contributed by atoms with Crippen molar-refractivity contribution in [3.05, 3.63) is 290 Å². The number of halogens is 1. The molecule has 5 aliphatic carbocycles. The van der Waals surface area contributed by atoms with E-state index in [1.54, 1.807) is 68.5 Å². The van der Waals surface area contributed by atoms with E-state index in [9.17, 15) is 33.5 Å². The molecule has 9 aromatic carbocycles. The van der Waals surface area contributed by atoms with Crippen LogP contribution in [0, 0.1) is 42.3 Å². The van der Waals surface area contributed by atoms with Crippen molar-refractivity contribution in [3.8, 4) is 68.7 Å². The molecule has 4 N–H and O–H groups in total. The van der Waals surface area contributed by atoms with E-state index in [-0.39, 0.29) is 43.9 Å². The number of aromatic nitrogens is 2. The maximum absolute atomic E-state index is 13.7. The number of fused-ring (bicyclic) bond motifs is 3. The van der Waals surface area contributed by atoms with E-state index in [0.29, 0.717) is 78.1 Å². The Balaban J connectivity index is 0.000000187. The summed E-state index contributed by atoms with van der Waals surface area (Å²) in [4.78, 5) is 63.3. The van der Waals surface area contributed by atoms with Crippen LogP contribution in [0.15, 0.2) is 211 Å². The molecule has 18 nitrogen and oxygen atoms in total. The van der Waals surface area contributed by atoms with E-state index in [1.165, 1.54) is 141 Å². The van der Waals surface area contributed by atoms with Crippen molar-refractivity contribution in [1.29, 1.82) is 0 Å². The number of aromatic carboxylic acids is 3. The minimum atomic E-state index is -1.32. The lowest BCUT2D eigenvalue weighted by Crippen LogP contribution is -2.48. The molecule has 0 amide bonds. The molecule has 4 fully saturated rings. The Kier molecular flexibility index (Phi) is 34.7. The number of unbranched alkanes of at least 4 members (excludes halogenated alkanes) is 6. The minimum Gasteiger partial charge on any atom is -0.496 e. The normalized spacial score (nSPS) is 17.3. The number of hydrogen-bond acceptors (Lipinski definition) is 15. The number of methoxy groups -OCH3 is 1. The van der Waals surface area contributed by atoms with Crippen LogP contribution < -0.4 is 18.9 Å². The van der Waals surface area contributed by atoms with Gasteiger partial charge in [-0.2, -0.15) is 4.98 Å². The molecular formula is C112H131FN2O16. The molecule has 4 saturated carbocycles. The van der Waals surface area contributed by atoms with Crippen molar-refractivity contribution >= 4 is 47.2 Å². The van der Waals surface area contributed by atoms with Crippen molar-refractivity contribution in [2.75, 3.05) is 40.1 Å². The summed E-state index contributed by atoms with van der Waals surface area (Å²) in [5.41, 5.74) is 16.3. The van der Waals surface area contributed by atoms with Gasteiger partial charge in [0.1, 0.15) is 35.4 Å². The molecule has 3 heterocycles. The first-order valence-electron chi connectivity index (χ1n) is 45.7. The number of carboxylic acids is 3. The van der Waals surface area contributed by atoms with Crippen LogP contribution in [0.3, 0.4) is 0 Å². The highest BCUT2D eigenvalue weighted by molar-refractivity contribution is 5.91. The molecule has 0 saturated heterocycles.